The first kappa shape index (κ1) is 20.4. The van der Waals surface area contributed by atoms with E-state index in [0.717, 1.165) is 9.87 Å². The number of amides is 1. The Morgan fingerprint density at radius 2 is 1.85 bits per heavy atom. The zero-order valence-corrected chi connectivity index (χ0v) is 16.1. The zero-order valence-electron chi connectivity index (χ0n) is 14.5. The fraction of sp³-hybridized carbons (Fsp3) is 0.278. The third-order valence-corrected chi connectivity index (χ3v) is 6.14. The van der Waals surface area contributed by atoms with Crippen LogP contribution < -0.4 is 5.32 Å². The maximum atomic E-state index is 12.9. The number of hydrogen-bond donors (Lipinski definition) is 1. The van der Waals surface area contributed by atoms with Crippen LogP contribution in [0, 0.1) is 12.7 Å². The molecule has 2 rings (SSSR count). The molecule has 0 saturated carbocycles. The molecule has 0 radical (unpaired) electrons. The molecule has 2 aromatic rings. The third kappa shape index (κ3) is 5.03. The van der Waals surface area contributed by atoms with Gasteiger partial charge in [0, 0.05) is 18.1 Å². The highest BCUT2D eigenvalue weighted by molar-refractivity contribution is 7.89. The average molecular weight is 399 g/mol. The van der Waals surface area contributed by atoms with E-state index in [9.17, 15) is 17.6 Å². The molecule has 0 aliphatic rings. The first-order valence-electron chi connectivity index (χ1n) is 8.01. The van der Waals surface area contributed by atoms with Crippen molar-refractivity contribution in [2.45, 2.75) is 25.3 Å². The van der Waals surface area contributed by atoms with Gasteiger partial charge in [-0.3, -0.25) is 4.79 Å². The maximum Gasteiger partial charge on any atom is 0.243 e. The van der Waals surface area contributed by atoms with E-state index in [1.807, 2.05) is 0 Å². The lowest BCUT2D eigenvalue weighted by molar-refractivity contribution is -0.121. The first-order chi connectivity index (χ1) is 12.2. The summed E-state index contributed by atoms with van der Waals surface area (Å²) < 4.78 is 39.6. The molecule has 0 aliphatic carbocycles. The van der Waals surface area contributed by atoms with Gasteiger partial charge in [0.1, 0.15) is 5.82 Å². The molecule has 0 heterocycles. The summed E-state index contributed by atoms with van der Waals surface area (Å²) in [5.41, 5.74) is 1.27. The summed E-state index contributed by atoms with van der Waals surface area (Å²) in [6.45, 7) is 3.34. The quantitative estimate of drug-likeness (QED) is 0.779. The number of nitrogens with one attached hydrogen (secondary N) is 1. The number of likely N-dealkylation sites (N-methyl/N-ethyl adjacent to an activating group) is 1. The smallest absolute Gasteiger partial charge is 0.243 e. The number of carbonyl (C=O) groups is 1. The van der Waals surface area contributed by atoms with Crippen LogP contribution >= 0.6 is 11.6 Å². The van der Waals surface area contributed by atoms with E-state index >= 15 is 0 Å². The van der Waals surface area contributed by atoms with E-state index in [-0.39, 0.29) is 30.3 Å². The van der Waals surface area contributed by atoms with Crippen LogP contribution in [0.5, 0.6) is 0 Å². The molecule has 0 fully saturated rings. The molecule has 0 saturated heterocycles. The number of hydrogen-bond acceptors (Lipinski definition) is 3. The first-order valence-corrected chi connectivity index (χ1v) is 9.83. The molecule has 0 aliphatic heterocycles. The van der Waals surface area contributed by atoms with Crippen molar-refractivity contribution in [3.05, 3.63) is 64.4 Å². The summed E-state index contributed by atoms with van der Waals surface area (Å²) in [6.07, 6.45) is 0. The van der Waals surface area contributed by atoms with Crippen LogP contribution in [0.3, 0.4) is 0 Å². The summed E-state index contributed by atoms with van der Waals surface area (Å²) in [6, 6.07) is 10.3. The second-order valence-corrected chi connectivity index (χ2v) is 8.09. The van der Waals surface area contributed by atoms with Crippen molar-refractivity contribution in [1.29, 1.82) is 0 Å². The average Bonchev–Trinajstić information content (AvgIpc) is 2.61. The molecular formula is C18H20ClFN2O3S. The van der Waals surface area contributed by atoms with Crippen molar-refractivity contribution in [3.63, 3.8) is 0 Å². The van der Waals surface area contributed by atoms with Gasteiger partial charge < -0.3 is 5.32 Å². The summed E-state index contributed by atoms with van der Waals surface area (Å²) in [5, 5.41) is 2.95. The number of benzene rings is 2. The van der Waals surface area contributed by atoms with Crippen LogP contribution in [-0.4, -0.2) is 31.7 Å². The molecule has 8 heteroatoms. The number of aryl methyl sites for hydroxylation is 1. The van der Waals surface area contributed by atoms with Gasteiger partial charge in [0.05, 0.1) is 11.4 Å². The molecule has 26 heavy (non-hydrogen) atoms. The van der Waals surface area contributed by atoms with Crippen LogP contribution in [-0.2, 0) is 21.4 Å². The fourth-order valence-corrected chi connectivity index (χ4v) is 4.27. The van der Waals surface area contributed by atoms with Gasteiger partial charge >= 0.3 is 0 Å². The Kier molecular flexibility index (Phi) is 6.75. The number of halogens is 2. The van der Waals surface area contributed by atoms with E-state index < -0.39 is 15.9 Å². The van der Waals surface area contributed by atoms with Crippen LogP contribution in [0.15, 0.2) is 47.4 Å². The number of sulfonamides is 1. The predicted molar refractivity (Wildman–Crippen MR) is 98.9 cm³/mol. The van der Waals surface area contributed by atoms with Gasteiger partial charge in [-0.2, -0.15) is 4.31 Å². The van der Waals surface area contributed by atoms with Crippen LogP contribution in [0.25, 0.3) is 0 Å². The lowest BCUT2D eigenvalue weighted by atomic mass is 10.2. The van der Waals surface area contributed by atoms with Gasteiger partial charge in [-0.05, 0) is 42.3 Å². The molecule has 1 amide bonds. The van der Waals surface area contributed by atoms with Crippen molar-refractivity contribution < 1.29 is 17.6 Å². The molecular weight excluding hydrogens is 379 g/mol. The van der Waals surface area contributed by atoms with E-state index in [1.54, 1.807) is 38.1 Å². The van der Waals surface area contributed by atoms with Crippen LogP contribution in [0.1, 0.15) is 18.1 Å². The standard InChI is InChI=1S/C18H20ClFN2O3S/c1-3-22(26(24,25)17-10-15(19)7-4-13(17)2)12-18(23)21-11-14-5-8-16(20)9-6-14/h4-10H,3,11-12H2,1-2H3,(H,21,23). The van der Waals surface area contributed by atoms with Crippen molar-refractivity contribution in [2.24, 2.45) is 0 Å². The molecule has 140 valence electrons. The van der Waals surface area contributed by atoms with Gasteiger partial charge in [0.2, 0.25) is 15.9 Å². The van der Waals surface area contributed by atoms with E-state index in [2.05, 4.69) is 5.32 Å². The minimum Gasteiger partial charge on any atom is -0.351 e. The monoisotopic (exact) mass is 398 g/mol. The Bertz CT molecular complexity index is 886. The largest absolute Gasteiger partial charge is 0.351 e. The van der Waals surface area contributed by atoms with Crippen molar-refractivity contribution in [2.75, 3.05) is 13.1 Å². The Morgan fingerprint density at radius 1 is 1.19 bits per heavy atom. The second kappa shape index (κ2) is 8.62. The molecule has 0 bridgehead atoms. The Balaban J connectivity index is 2.08. The molecule has 0 atom stereocenters. The van der Waals surface area contributed by atoms with Gasteiger partial charge in [0.15, 0.2) is 0 Å². The molecule has 2 aromatic carbocycles. The van der Waals surface area contributed by atoms with Crippen molar-refractivity contribution >= 4 is 27.5 Å². The van der Waals surface area contributed by atoms with Gasteiger partial charge in [-0.1, -0.05) is 36.7 Å². The number of carbonyl (C=O) groups excluding carboxylic acids is 1. The van der Waals surface area contributed by atoms with Gasteiger partial charge in [0.25, 0.3) is 0 Å². The Hall–Kier alpha value is -1.96. The third-order valence-electron chi connectivity index (χ3n) is 3.84. The van der Waals surface area contributed by atoms with E-state index in [4.69, 9.17) is 11.6 Å². The molecule has 5 nitrogen and oxygen atoms in total. The highest BCUT2D eigenvalue weighted by Gasteiger charge is 2.27. The van der Waals surface area contributed by atoms with Crippen molar-refractivity contribution in [1.82, 2.24) is 9.62 Å². The Morgan fingerprint density at radius 3 is 2.46 bits per heavy atom. The number of rotatable bonds is 7. The maximum absolute atomic E-state index is 12.9. The predicted octanol–water partition coefficient (Wildman–Crippen LogP) is 3.11. The van der Waals surface area contributed by atoms with Gasteiger partial charge in [-0.15, -0.1) is 0 Å². The van der Waals surface area contributed by atoms with E-state index in [0.29, 0.717) is 10.6 Å². The minimum absolute atomic E-state index is 0.0817. The lowest BCUT2D eigenvalue weighted by Crippen LogP contribution is -2.40. The molecule has 1 N–H and O–H groups in total. The molecule has 0 spiro atoms. The molecule has 0 aromatic heterocycles. The lowest BCUT2D eigenvalue weighted by Gasteiger charge is -2.21. The zero-order chi connectivity index (χ0) is 19.3. The van der Waals surface area contributed by atoms with E-state index in [1.165, 1.54) is 18.2 Å². The summed E-state index contributed by atoms with van der Waals surface area (Å²) in [5.74, 6) is -0.806. The van der Waals surface area contributed by atoms with Crippen LogP contribution in [0.4, 0.5) is 4.39 Å². The summed E-state index contributed by atoms with van der Waals surface area (Å²) >= 11 is 5.92. The number of nitrogens with zero attached hydrogens (tertiary/aromatic N) is 1. The summed E-state index contributed by atoms with van der Waals surface area (Å²) in [4.78, 5) is 12.2. The summed E-state index contributed by atoms with van der Waals surface area (Å²) in [7, 11) is -3.85. The SMILES string of the molecule is CCN(CC(=O)NCc1ccc(F)cc1)S(=O)(=O)c1cc(Cl)ccc1C. The second-order valence-electron chi connectivity index (χ2n) is 5.74. The minimum atomic E-state index is -3.85. The highest BCUT2D eigenvalue weighted by Crippen LogP contribution is 2.23. The fourth-order valence-electron chi connectivity index (χ4n) is 2.38. The van der Waals surface area contributed by atoms with Crippen molar-refractivity contribution in [3.8, 4) is 0 Å². The van der Waals surface area contributed by atoms with Crippen LogP contribution in [0.2, 0.25) is 5.02 Å². The molecule has 0 unspecified atom stereocenters. The topological polar surface area (TPSA) is 66.5 Å². The van der Waals surface area contributed by atoms with Gasteiger partial charge in [-0.25, -0.2) is 12.8 Å². The normalized spacial score (nSPS) is 11.6. The highest BCUT2D eigenvalue weighted by atomic mass is 35.5. The Labute approximate surface area is 157 Å².